The van der Waals surface area contributed by atoms with E-state index in [2.05, 4.69) is 0 Å². The summed E-state index contributed by atoms with van der Waals surface area (Å²) in [5, 5.41) is 0. The zero-order valence-corrected chi connectivity index (χ0v) is 21.9. The van der Waals surface area contributed by atoms with Gasteiger partial charge in [-0.25, -0.2) is 9.78 Å². The van der Waals surface area contributed by atoms with Crippen LogP contribution in [-0.2, 0) is 20.9 Å². The molecule has 2 aromatic rings. The van der Waals surface area contributed by atoms with Gasteiger partial charge in [-0.2, -0.15) is 0 Å². The molecule has 2 aromatic heterocycles. The highest BCUT2D eigenvalue weighted by Gasteiger charge is 2.29. The van der Waals surface area contributed by atoms with Crippen LogP contribution in [0.25, 0.3) is 10.6 Å². The lowest BCUT2D eigenvalue weighted by Gasteiger charge is -2.28. The van der Waals surface area contributed by atoms with E-state index in [-0.39, 0.29) is 24.6 Å². The first kappa shape index (κ1) is 27.2. The summed E-state index contributed by atoms with van der Waals surface area (Å²) in [6.07, 6.45) is 3.71. The van der Waals surface area contributed by atoms with Crippen LogP contribution in [0.15, 0.2) is 18.2 Å². The lowest BCUT2D eigenvalue weighted by atomic mass is 9.87. The van der Waals surface area contributed by atoms with E-state index in [9.17, 15) is 14.0 Å². The normalized spacial score (nSPS) is 17.6. The summed E-state index contributed by atoms with van der Waals surface area (Å²) in [6, 6.07) is 5.51. The fourth-order valence-electron chi connectivity index (χ4n) is 4.12. The number of nitrogens with zero attached hydrogens (tertiary/aromatic N) is 2. The summed E-state index contributed by atoms with van der Waals surface area (Å²) >= 11 is 7.64. The quantitative estimate of drug-likeness (QED) is 0.271. The standard InChI is InChI=1S/C25H32ClFN2O5S/c1-16-21(34-19-8-6-7-17(13-19)24(30)32-3)10-9-20(28-16)23-18(14-22(26)35-23)15-33-25(31)29(2)12-5-4-11-27/h9-10,14,17,19H,4-8,11-13,15H2,1-3H3/t17-,19-/m0/s1. The van der Waals surface area contributed by atoms with Crippen molar-refractivity contribution in [1.29, 1.82) is 0 Å². The number of halogens is 2. The molecule has 1 aliphatic carbocycles. The number of carbonyl (C=O) groups is 2. The number of unbranched alkanes of at least 4 members (excludes halogenated alkanes) is 1. The van der Waals surface area contributed by atoms with Gasteiger partial charge >= 0.3 is 12.1 Å². The number of ether oxygens (including phenoxy) is 3. The second-order valence-corrected chi connectivity index (χ2v) is 10.4. The minimum atomic E-state index is -0.470. The van der Waals surface area contributed by atoms with Gasteiger partial charge in [0.1, 0.15) is 12.4 Å². The average molecular weight is 527 g/mol. The Hall–Kier alpha value is -2.39. The Bertz CT molecular complexity index is 1020. The van der Waals surface area contributed by atoms with Crippen molar-refractivity contribution in [3.8, 4) is 16.3 Å². The number of esters is 1. The van der Waals surface area contributed by atoms with E-state index >= 15 is 0 Å². The summed E-state index contributed by atoms with van der Waals surface area (Å²) in [7, 11) is 3.05. The Labute approximate surface area is 214 Å². The summed E-state index contributed by atoms with van der Waals surface area (Å²) in [5.74, 6) is 0.361. The van der Waals surface area contributed by atoms with Gasteiger partial charge in [-0.3, -0.25) is 9.18 Å². The first-order valence-corrected chi connectivity index (χ1v) is 13.0. The van der Waals surface area contributed by atoms with Crippen LogP contribution in [0.1, 0.15) is 49.8 Å². The smallest absolute Gasteiger partial charge is 0.409 e. The van der Waals surface area contributed by atoms with E-state index in [4.69, 9.17) is 30.8 Å². The van der Waals surface area contributed by atoms with Gasteiger partial charge in [-0.15, -0.1) is 11.3 Å². The summed E-state index contributed by atoms with van der Waals surface area (Å²) in [5.41, 5.74) is 2.20. The van der Waals surface area contributed by atoms with Gasteiger partial charge in [0.25, 0.3) is 0 Å². The molecule has 1 fully saturated rings. The summed E-state index contributed by atoms with van der Waals surface area (Å²) in [6.45, 7) is 1.97. The largest absolute Gasteiger partial charge is 0.489 e. The van der Waals surface area contributed by atoms with E-state index in [1.807, 2.05) is 19.1 Å². The highest BCUT2D eigenvalue weighted by Crippen LogP contribution is 2.37. The number of thiophene rings is 1. The first-order chi connectivity index (χ1) is 16.8. The molecule has 1 amide bonds. The van der Waals surface area contributed by atoms with Crippen LogP contribution in [0.4, 0.5) is 9.18 Å². The number of hydrogen-bond donors (Lipinski definition) is 0. The van der Waals surface area contributed by atoms with Crippen molar-refractivity contribution in [3.05, 3.63) is 33.8 Å². The lowest BCUT2D eigenvalue weighted by Crippen LogP contribution is -2.30. The topological polar surface area (TPSA) is 78.0 Å². The van der Waals surface area contributed by atoms with Crippen molar-refractivity contribution in [2.24, 2.45) is 5.92 Å². The minimum Gasteiger partial charge on any atom is -0.489 e. The Morgan fingerprint density at radius 2 is 2.09 bits per heavy atom. The molecule has 1 saturated carbocycles. The van der Waals surface area contributed by atoms with Crippen molar-refractivity contribution in [2.45, 2.75) is 58.2 Å². The molecule has 192 valence electrons. The summed E-state index contributed by atoms with van der Waals surface area (Å²) < 4.78 is 29.4. The van der Waals surface area contributed by atoms with Gasteiger partial charge in [0.15, 0.2) is 0 Å². The summed E-state index contributed by atoms with van der Waals surface area (Å²) in [4.78, 5) is 31.1. The van der Waals surface area contributed by atoms with Crippen LogP contribution >= 0.6 is 22.9 Å². The number of hydrogen-bond acceptors (Lipinski definition) is 7. The second-order valence-electron chi connectivity index (χ2n) is 8.68. The van der Waals surface area contributed by atoms with E-state index in [1.54, 1.807) is 13.1 Å². The molecular weight excluding hydrogens is 495 g/mol. The molecule has 2 heterocycles. The maximum Gasteiger partial charge on any atom is 0.409 e. The number of aryl methyl sites for hydroxylation is 1. The van der Waals surface area contributed by atoms with Crippen molar-refractivity contribution >= 4 is 35.0 Å². The van der Waals surface area contributed by atoms with Gasteiger partial charge in [0, 0.05) is 19.2 Å². The Kier molecular flexibility index (Phi) is 10.2. The van der Waals surface area contributed by atoms with Crippen LogP contribution in [0.2, 0.25) is 4.34 Å². The fourth-order valence-corrected chi connectivity index (χ4v) is 5.34. The Morgan fingerprint density at radius 3 is 2.80 bits per heavy atom. The molecule has 3 rings (SSSR count). The Morgan fingerprint density at radius 1 is 1.29 bits per heavy atom. The van der Waals surface area contributed by atoms with Crippen LogP contribution in [0.5, 0.6) is 5.75 Å². The van der Waals surface area contributed by atoms with Gasteiger partial charge in [0.2, 0.25) is 0 Å². The van der Waals surface area contributed by atoms with Crippen LogP contribution in [0.3, 0.4) is 0 Å². The molecule has 0 unspecified atom stereocenters. The van der Waals surface area contributed by atoms with Crippen molar-refractivity contribution < 1.29 is 28.2 Å². The number of pyridine rings is 1. The molecule has 2 atom stereocenters. The third kappa shape index (κ3) is 7.54. The van der Waals surface area contributed by atoms with Crippen LogP contribution in [0, 0.1) is 12.8 Å². The molecule has 0 N–H and O–H groups in total. The van der Waals surface area contributed by atoms with E-state index < -0.39 is 12.8 Å². The molecular formula is C25H32ClFN2O5S. The number of rotatable bonds is 10. The van der Waals surface area contributed by atoms with Crippen molar-refractivity contribution in [2.75, 3.05) is 27.4 Å². The van der Waals surface area contributed by atoms with Crippen LogP contribution < -0.4 is 4.74 Å². The SMILES string of the molecule is COC(=O)[C@H]1CCC[C@H](Oc2ccc(-c3sc(Cl)cc3COC(=O)N(C)CCCCF)nc2C)C1. The molecule has 0 spiro atoms. The average Bonchev–Trinajstić information content (AvgIpc) is 3.23. The van der Waals surface area contributed by atoms with Crippen molar-refractivity contribution in [1.82, 2.24) is 9.88 Å². The van der Waals surface area contributed by atoms with E-state index in [0.717, 1.165) is 35.4 Å². The van der Waals surface area contributed by atoms with E-state index in [0.29, 0.717) is 41.6 Å². The number of carbonyl (C=O) groups excluding carboxylic acids is 2. The maximum atomic E-state index is 12.3. The van der Waals surface area contributed by atoms with Crippen molar-refractivity contribution in [3.63, 3.8) is 0 Å². The zero-order valence-electron chi connectivity index (χ0n) is 20.4. The molecule has 0 radical (unpaired) electrons. The number of alkyl halides is 1. The minimum absolute atomic E-state index is 0.0564. The molecule has 0 saturated heterocycles. The maximum absolute atomic E-state index is 12.3. The van der Waals surface area contributed by atoms with Gasteiger partial charge < -0.3 is 19.1 Å². The molecule has 0 bridgehead atoms. The number of methoxy groups -OCH3 is 1. The molecule has 7 nitrogen and oxygen atoms in total. The molecule has 35 heavy (non-hydrogen) atoms. The van der Waals surface area contributed by atoms with Gasteiger partial charge in [-0.1, -0.05) is 11.6 Å². The van der Waals surface area contributed by atoms with Gasteiger partial charge in [-0.05, 0) is 63.6 Å². The fraction of sp³-hybridized carbons (Fsp3) is 0.560. The third-order valence-corrected chi connectivity index (χ3v) is 7.37. The molecule has 1 aliphatic rings. The lowest BCUT2D eigenvalue weighted by molar-refractivity contribution is -0.147. The van der Waals surface area contributed by atoms with Gasteiger partial charge in [0.05, 0.1) is 46.4 Å². The highest BCUT2D eigenvalue weighted by molar-refractivity contribution is 7.19. The number of amides is 1. The highest BCUT2D eigenvalue weighted by atomic mass is 35.5. The predicted molar refractivity (Wildman–Crippen MR) is 134 cm³/mol. The Balaban J connectivity index is 1.65. The second kappa shape index (κ2) is 13.1. The predicted octanol–water partition coefficient (Wildman–Crippen LogP) is 6.20. The van der Waals surface area contributed by atoms with Crippen LogP contribution in [-0.4, -0.2) is 55.4 Å². The molecule has 0 aliphatic heterocycles. The third-order valence-electron chi connectivity index (χ3n) is 6.04. The number of aromatic nitrogens is 1. The first-order valence-electron chi connectivity index (χ1n) is 11.8. The van der Waals surface area contributed by atoms with E-state index in [1.165, 1.54) is 23.3 Å². The molecule has 10 heteroatoms. The zero-order chi connectivity index (χ0) is 25.4. The monoisotopic (exact) mass is 526 g/mol. The molecule has 0 aromatic carbocycles.